The largest absolute Gasteiger partial charge is 0.493 e. The van der Waals surface area contributed by atoms with Gasteiger partial charge in [-0.25, -0.2) is 4.98 Å². The number of fused-ring (bicyclic) bond motifs is 1. The molecule has 0 aliphatic carbocycles. The van der Waals surface area contributed by atoms with E-state index in [0.29, 0.717) is 16.7 Å². The SMILES string of the molecule is O=c1c(I)c(Cl)ncn1Cc1cc(Br)cc2c1OCC2. The zero-order chi connectivity index (χ0) is 14.3. The fraction of sp³-hybridized carbons (Fsp3) is 0.231. The quantitative estimate of drug-likeness (QED) is 0.503. The van der Waals surface area contributed by atoms with Gasteiger partial charge in [-0.2, -0.15) is 0 Å². The second kappa shape index (κ2) is 5.65. The number of nitrogens with zero attached hydrogens (tertiary/aromatic N) is 2. The van der Waals surface area contributed by atoms with Crippen LogP contribution in [0.2, 0.25) is 5.15 Å². The van der Waals surface area contributed by atoms with Crippen molar-refractivity contribution in [3.8, 4) is 5.75 Å². The van der Waals surface area contributed by atoms with Gasteiger partial charge in [0.2, 0.25) is 0 Å². The van der Waals surface area contributed by atoms with E-state index in [0.717, 1.165) is 22.2 Å². The molecule has 0 fully saturated rings. The highest BCUT2D eigenvalue weighted by atomic mass is 127. The van der Waals surface area contributed by atoms with Crippen LogP contribution in [0.15, 0.2) is 27.7 Å². The van der Waals surface area contributed by atoms with E-state index in [9.17, 15) is 4.79 Å². The maximum atomic E-state index is 12.2. The Labute approximate surface area is 142 Å². The molecule has 104 valence electrons. The van der Waals surface area contributed by atoms with Crippen LogP contribution in [0, 0.1) is 3.57 Å². The summed E-state index contributed by atoms with van der Waals surface area (Å²) in [5.41, 5.74) is 1.99. The van der Waals surface area contributed by atoms with Crippen LogP contribution in [-0.2, 0) is 13.0 Å². The van der Waals surface area contributed by atoms with Gasteiger partial charge in [0.05, 0.1) is 19.5 Å². The van der Waals surface area contributed by atoms with Crippen LogP contribution in [0.4, 0.5) is 0 Å². The van der Waals surface area contributed by atoms with E-state index in [1.54, 1.807) is 0 Å². The summed E-state index contributed by atoms with van der Waals surface area (Å²) in [6.45, 7) is 1.10. The third-order valence-corrected chi connectivity index (χ3v) is 5.14. The van der Waals surface area contributed by atoms with Gasteiger partial charge in [-0.3, -0.25) is 9.36 Å². The lowest BCUT2D eigenvalue weighted by Gasteiger charge is -2.11. The molecule has 0 atom stereocenters. The topological polar surface area (TPSA) is 44.1 Å². The number of ether oxygens (including phenoxy) is 1. The van der Waals surface area contributed by atoms with Crippen LogP contribution in [0.25, 0.3) is 0 Å². The normalized spacial score (nSPS) is 13.2. The monoisotopic (exact) mass is 466 g/mol. The minimum absolute atomic E-state index is 0.141. The molecule has 0 amide bonds. The van der Waals surface area contributed by atoms with Crippen LogP contribution < -0.4 is 10.3 Å². The molecule has 1 aliphatic heterocycles. The average molecular weight is 467 g/mol. The summed E-state index contributed by atoms with van der Waals surface area (Å²) in [5, 5.41) is 0.238. The Hall–Kier alpha value is -0.600. The standard InChI is InChI=1S/C13H9BrClIN2O2/c14-9-3-7-1-2-20-11(7)8(4-9)5-18-6-17-12(15)10(16)13(18)19/h3-4,6H,1-2,5H2. The van der Waals surface area contributed by atoms with Gasteiger partial charge in [-0.15, -0.1) is 0 Å². The summed E-state index contributed by atoms with van der Waals surface area (Å²) < 4.78 is 8.62. The Morgan fingerprint density at radius 1 is 1.50 bits per heavy atom. The molecule has 0 radical (unpaired) electrons. The van der Waals surface area contributed by atoms with Gasteiger partial charge in [0.25, 0.3) is 5.56 Å². The molecule has 4 nitrogen and oxygen atoms in total. The Bertz CT molecular complexity index is 748. The smallest absolute Gasteiger partial charge is 0.268 e. The molecule has 0 N–H and O–H groups in total. The van der Waals surface area contributed by atoms with Crippen molar-refractivity contribution in [1.29, 1.82) is 0 Å². The molecular weight excluding hydrogens is 458 g/mol. The van der Waals surface area contributed by atoms with Gasteiger partial charge >= 0.3 is 0 Å². The molecular formula is C13H9BrClIN2O2. The Morgan fingerprint density at radius 2 is 2.30 bits per heavy atom. The summed E-state index contributed by atoms with van der Waals surface area (Å²) in [7, 11) is 0. The summed E-state index contributed by atoms with van der Waals surface area (Å²) in [6.07, 6.45) is 2.36. The minimum atomic E-state index is -0.141. The predicted octanol–water partition coefficient (Wildman–Crippen LogP) is 3.25. The summed E-state index contributed by atoms with van der Waals surface area (Å²) >= 11 is 11.2. The van der Waals surface area contributed by atoms with Crippen molar-refractivity contribution >= 4 is 50.1 Å². The zero-order valence-electron chi connectivity index (χ0n) is 10.2. The van der Waals surface area contributed by atoms with Crippen molar-refractivity contribution in [1.82, 2.24) is 9.55 Å². The summed E-state index contributed by atoms with van der Waals surface area (Å²) in [5.74, 6) is 0.880. The second-order valence-electron chi connectivity index (χ2n) is 4.43. The highest BCUT2D eigenvalue weighted by Gasteiger charge is 2.18. The number of halogens is 3. The van der Waals surface area contributed by atoms with E-state index in [2.05, 4.69) is 27.0 Å². The summed E-state index contributed by atoms with van der Waals surface area (Å²) in [6, 6.07) is 4.02. The fourth-order valence-electron chi connectivity index (χ4n) is 2.20. The van der Waals surface area contributed by atoms with Gasteiger partial charge in [-0.1, -0.05) is 27.5 Å². The van der Waals surface area contributed by atoms with E-state index < -0.39 is 0 Å². The van der Waals surface area contributed by atoms with Crippen molar-refractivity contribution in [3.05, 3.63) is 53.1 Å². The molecule has 0 spiro atoms. The van der Waals surface area contributed by atoms with Gasteiger partial charge in [0, 0.05) is 16.5 Å². The highest BCUT2D eigenvalue weighted by molar-refractivity contribution is 14.1. The Morgan fingerprint density at radius 3 is 3.10 bits per heavy atom. The molecule has 2 heterocycles. The van der Waals surface area contributed by atoms with Crippen LogP contribution in [0.3, 0.4) is 0 Å². The molecule has 0 saturated heterocycles. The number of benzene rings is 1. The third kappa shape index (κ3) is 2.60. The van der Waals surface area contributed by atoms with Gasteiger partial charge in [0.15, 0.2) is 0 Å². The molecule has 3 rings (SSSR count). The Kier molecular flexibility index (Phi) is 4.05. The van der Waals surface area contributed by atoms with E-state index in [-0.39, 0.29) is 10.7 Å². The van der Waals surface area contributed by atoms with Crippen LogP contribution in [-0.4, -0.2) is 16.2 Å². The molecule has 1 aromatic heterocycles. The van der Waals surface area contributed by atoms with Gasteiger partial charge in [0.1, 0.15) is 14.5 Å². The lowest BCUT2D eigenvalue weighted by atomic mass is 10.1. The van der Waals surface area contributed by atoms with Crippen LogP contribution in [0.5, 0.6) is 5.75 Å². The van der Waals surface area contributed by atoms with E-state index in [1.165, 1.54) is 16.5 Å². The van der Waals surface area contributed by atoms with Crippen LogP contribution in [0.1, 0.15) is 11.1 Å². The molecule has 0 bridgehead atoms. The number of hydrogen-bond donors (Lipinski definition) is 0. The maximum Gasteiger partial charge on any atom is 0.268 e. The van der Waals surface area contributed by atoms with E-state index in [4.69, 9.17) is 16.3 Å². The third-order valence-electron chi connectivity index (χ3n) is 3.11. The Balaban J connectivity index is 2.05. The molecule has 0 saturated carbocycles. The number of aromatic nitrogens is 2. The van der Waals surface area contributed by atoms with Crippen molar-refractivity contribution in [2.45, 2.75) is 13.0 Å². The zero-order valence-corrected chi connectivity index (χ0v) is 14.7. The molecule has 7 heteroatoms. The van der Waals surface area contributed by atoms with Crippen molar-refractivity contribution in [3.63, 3.8) is 0 Å². The first-order valence-electron chi connectivity index (χ1n) is 5.91. The number of hydrogen-bond acceptors (Lipinski definition) is 3. The van der Waals surface area contributed by atoms with Gasteiger partial charge < -0.3 is 4.74 Å². The first-order chi connectivity index (χ1) is 9.56. The number of rotatable bonds is 2. The lowest BCUT2D eigenvalue weighted by molar-refractivity contribution is 0.352. The second-order valence-corrected chi connectivity index (χ2v) is 6.79. The predicted molar refractivity (Wildman–Crippen MR) is 88.7 cm³/mol. The van der Waals surface area contributed by atoms with Gasteiger partial charge in [-0.05, 0) is 40.3 Å². The molecule has 20 heavy (non-hydrogen) atoms. The average Bonchev–Trinajstić information content (AvgIpc) is 2.87. The van der Waals surface area contributed by atoms with Crippen LogP contribution >= 0.6 is 50.1 Å². The van der Waals surface area contributed by atoms with Crippen molar-refractivity contribution in [2.24, 2.45) is 0 Å². The maximum absolute atomic E-state index is 12.2. The first-order valence-corrected chi connectivity index (χ1v) is 8.16. The molecule has 1 aliphatic rings. The first kappa shape index (κ1) is 14.3. The molecule has 1 aromatic carbocycles. The minimum Gasteiger partial charge on any atom is -0.493 e. The lowest BCUT2D eigenvalue weighted by Crippen LogP contribution is -2.23. The van der Waals surface area contributed by atoms with Crippen molar-refractivity contribution < 1.29 is 4.74 Å². The highest BCUT2D eigenvalue weighted by Crippen LogP contribution is 2.33. The fourth-order valence-corrected chi connectivity index (χ4v) is 3.33. The summed E-state index contributed by atoms with van der Waals surface area (Å²) in [4.78, 5) is 16.2. The molecule has 0 unspecified atom stereocenters. The van der Waals surface area contributed by atoms with E-state index >= 15 is 0 Å². The molecule has 2 aromatic rings. The van der Waals surface area contributed by atoms with E-state index in [1.807, 2.05) is 28.7 Å². The van der Waals surface area contributed by atoms with Crippen molar-refractivity contribution in [2.75, 3.05) is 6.61 Å².